The van der Waals surface area contributed by atoms with Crippen molar-refractivity contribution in [2.24, 2.45) is 5.73 Å². The predicted octanol–water partition coefficient (Wildman–Crippen LogP) is -0.120. The van der Waals surface area contributed by atoms with Crippen molar-refractivity contribution in [3.8, 4) is 0 Å². The van der Waals surface area contributed by atoms with Crippen molar-refractivity contribution in [1.29, 1.82) is 0 Å². The largest absolute Gasteiger partial charge is 0.352 e. The second kappa shape index (κ2) is 10.0. The Morgan fingerprint density at radius 1 is 1.78 bits per heavy atom. The van der Waals surface area contributed by atoms with E-state index in [-0.39, 0.29) is 0 Å². The van der Waals surface area contributed by atoms with Gasteiger partial charge in [-0.05, 0) is 0 Å². The van der Waals surface area contributed by atoms with E-state index in [2.05, 4.69) is 11.1 Å². The van der Waals surface area contributed by atoms with Gasteiger partial charge in [0, 0.05) is 13.5 Å². The van der Waals surface area contributed by atoms with Crippen LogP contribution in [0.4, 0.5) is 4.79 Å². The lowest BCUT2D eigenvalue weighted by Gasteiger charge is -1.80. The van der Waals surface area contributed by atoms with Crippen LogP contribution in [0.2, 0.25) is 0 Å². The van der Waals surface area contributed by atoms with Crippen LogP contribution in [-0.4, -0.2) is 19.4 Å². The summed E-state index contributed by atoms with van der Waals surface area (Å²) in [5.41, 5.74) is 4.54. The SMILES string of the molecule is CCC=O.CNC(N)=O. The normalized spacial score (nSPS) is 6.44. The van der Waals surface area contributed by atoms with E-state index in [1.165, 1.54) is 7.05 Å². The molecule has 3 N–H and O–H groups in total. The van der Waals surface area contributed by atoms with Crippen molar-refractivity contribution in [3.05, 3.63) is 0 Å². The molecular weight excluding hydrogens is 120 g/mol. The molecule has 2 amide bonds. The van der Waals surface area contributed by atoms with Gasteiger partial charge in [-0.25, -0.2) is 4.79 Å². The molecule has 0 aliphatic carbocycles. The highest BCUT2D eigenvalue weighted by atomic mass is 16.2. The number of urea groups is 1. The van der Waals surface area contributed by atoms with E-state index in [0.717, 1.165) is 6.29 Å². The molecule has 0 aromatic rings. The first-order chi connectivity index (χ1) is 4.18. The van der Waals surface area contributed by atoms with Crippen LogP contribution in [-0.2, 0) is 4.79 Å². The molecule has 54 valence electrons. The highest BCUT2D eigenvalue weighted by Crippen LogP contribution is 1.53. The zero-order chi connectivity index (χ0) is 7.70. The summed E-state index contributed by atoms with van der Waals surface area (Å²) in [5.74, 6) is 0. The Balaban J connectivity index is 0. The predicted molar refractivity (Wildman–Crippen MR) is 35.0 cm³/mol. The van der Waals surface area contributed by atoms with E-state index in [1.807, 2.05) is 6.92 Å². The van der Waals surface area contributed by atoms with Crippen molar-refractivity contribution in [2.75, 3.05) is 7.05 Å². The van der Waals surface area contributed by atoms with Gasteiger partial charge in [-0.15, -0.1) is 0 Å². The third-order valence-corrected chi connectivity index (χ3v) is 0.413. The maximum atomic E-state index is 9.48. The molecule has 0 fully saturated rings. The van der Waals surface area contributed by atoms with Gasteiger partial charge in [0.2, 0.25) is 0 Å². The molecule has 0 saturated carbocycles. The lowest BCUT2D eigenvalue weighted by atomic mass is 10.6. The number of rotatable bonds is 1. The Kier molecular flexibility index (Phi) is 12.1. The molecule has 0 saturated heterocycles. The fraction of sp³-hybridized carbons (Fsp3) is 0.600. The number of primary amides is 1. The summed E-state index contributed by atoms with van der Waals surface area (Å²) < 4.78 is 0. The number of hydrogen-bond donors (Lipinski definition) is 2. The first-order valence-corrected chi connectivity index (χ1v) is 2.59. The summed E-state index contributed by atoms with van der Waals surface area (Å²) >= 11 is 0. The van der Waals surface area contributed by atoms with E-state index in [4.69, 9.17) is 0 Å². The first-order valence-electron chi connectivity index (χ1n) is 2.59. The maximum absolute atomic E-state index is 9.48. The lowest BCUT2D eigenvalue weighted by molar-refractivity contribution is -0.107. The fourth-order valence-corrected chi connectivity index (χ4v) is 0. The summed E-state index contributed by atoms with van der Waals surface area (Å²) in [6, 6.07) is -0.495. The van der Waals surface area contributed by atoms with Gasteiger partial charge < -0.3 is 15.8 Å². The van der Waals surface area contributed by atoms with Crippen molar-refractivity contribution < 1.29 is 9.59 Å². The Labute approximate surface area is 54.4 Å². The number of nitrogens with two attached hydrogens (primary N) is 1. The van der Waals surface area contributed by atoms with Crippen molar-refractivity contribution in [1.82, 2.24) is 5.32 Å². The summed E-state index contributed by atoms with van der Waals surface area (Å²) in [4.78, 5) is 18.7. The monoisotopic (exact) mass is 132 g/mol. The van der Waals surface area contributed by atoms with Crippen molar-refractivity contribution >= 4 is 12.3 Å². The van der Waals surface area contributed by atoms with Crippen LogP contribution in [0.1, 0.15) is 13.3 Å². The topological polar surface area (TPSA) is 72.2 Å². The number of amides is 2. The molecule has 0 spiro atoms. The van der Waals surface area contributed by atoms with Gasteiger partial charge in [0.15, 0.2) is 0 Å². The van der Waals surface area contributed by atoms with Crippen LogP contribution >= 0.6 is 0 Å². The molecule has 0 aromatic heterocycles. The summed E-state index contributed by atoms with van der Waals surface area (Å²) in [7, 11) is 1.47. The smallest absolute Gasteiger partial charge is 0.311 e. The molecule has 0 unspecified atom stereocenters. The highest BCUT2D eigenvalue weighted by Gasteiger charge is 1.72. The van der Waals surface area contributed by atoms with E-state index in [9.17, 15) is 9.59 Å². The van der Waals surface area contributed by atoms with E-state index >= 15 is 0 Å². The van der Waals surface area contributed by atoms with Crippen LogP contribution in [0.3, 0.4) is 0 Å². The Morgan fingerprint density at radius 2 is 2.00 bits per heavy atom. The quantitative estimate of drug-likeness (QED) is 0.488. The van der Waals surface area contributed by atoms with Crippen LogP contribution in [0.15, 0.2) is 0 Å². The van der Waals surface area contributed by atoms with Gasteiger partial charge in [0.1, 0.15) is 6.29 Å². The van der Waals surface area contributed by atoms with Crippen molar-refractivity contribution in [3.63, 3.8) is 0 Å². The second-order valence-corrected chi connectivity index (χ2v) is 1.19. The Morgan fingerprint density at radius 3 is 2.00 bits per heavy atom. The first kappa shape index (κ1) is 10.8. The summed E-state index contributed by atoms with van der Waals surface area (Å²) in [5, 5.41) is 2.17. The molecule has 0 aromatic carbocycles. The molecule has 0 rings (SSSR count). The number of nitrogens with one attached hydrogen (secondary N) is 1. The number of carbonyl (C=O) groups is 2. The molecule has 4 heteroatoms. The molecule has 0 radical (unpaired) electrons. The maximum Gasteiger partial charge on any atom is 0.311 e. The third kappa shape index (κ3) is 45.0. The molecule has 0 bridgehead atoms. The average Bonchev–Trinajstić information content (AvgIpc) is 1.89. The molecule has 9 heavy (non-hydrogen) atoms. The van der Waals surface area contributed by atoms with Crippen LogP contribution in [0, 0.1) is 0 Å². The average molecular weight is 132 g/mol. The number of carbonyl (C=O) groups excluding carboxylic acids is 2. The van der Waals surface area contributed by atoms with Crippen LogP contribution in [0.25, 0.3) is 0 Å². The molecule has 0 atom stereocenters. The minimum atomic E-state index is -0.495. The molecule has 0 aliphatic rings. The van der Waals surface area contributed by atoms with Gasteiger partial charge in [-0.3, -0.25) is 0 Å². The van der Waals surface area contributed by atoms with Crippen molar-refractivity contribution in [2.45, 2.75) is 13.3 Å². The minimum Gasteiger partial charge on any atom is -0.352 e. The van der Waals surface area contributed by atoms with E-state index in [0.29, 0.717) is 6.42 Å². The summed E-state index contributed by atoms with van der Waals surface area (Å²) in [6.45, 7) is 1.81. The minimum absolute atomic E-state index is 0.495. The van der Waals surface area contributed by atoms with Gasteiger partial charge in [-0.2, -0.15) is 0 Å². The van der Waals surface area contributed by atoms with Gasteiger partial charge in [0.05, 0.1) is 0 Å². The Hall–Kier alpha value is -1.06. The summed E-state index contributed by atoms with van der Waals surface area (Å²) in [6.07, 6.45) is 1.51. The van der Waals surface area contributed by atoms with Gasteiger partial charge in [-0.1, -0.05) is 6.92 Å². The third-order valence-electron chi connectivity index (χ3n) is 0.413. The zero-order valence-electron chi connectivity index (χ0n) is 5.68. The highest BCUT2D eigenvalue weighted by molar-refractivity contribution is 5.71. The van der Waals surface area contributed by atoms with E-state index in [1.54, 1.807) is 0 Å². The van der Waals surface area contributed by atoms with Gasteiger partial charge in [0.25, 0.3) is 0 Å². The van der Waals surface area contributed by atoms with Crippen LogP contribution in [0.5, 0.6) is 0 Å². The fourth-order valence-electron chi connectivity index (χ4n) is 0. The molecule has 0 heterocycles. The standard InChI is InChI=1S/C3H6O.C2H6N2O/c1-2-3-4;1-4-2(3)5/h3H,2H2,1H3;1H3,(H3,3,4,5). The Bertz CT molecular complexity index is 83.0. The second-order valence-electron chi connectivity index (χ2n) is 1.19. The van der Waals surface area contributed by atoms with Crippen LogP contribution < -0.4 is 11.1 Å². The molecule has 0 aliphatic heterocycles. The zero-order valence-corrected chi connectivity index (χ0v) is 5.68. The van der Waals surface area contributed by atoms with E-state index < -0.39 is 6.03 Å². The van der Waals surface area contributed by atoms with Gasteiger partial charge >= 0.3 is 6.03 Å². The lowest BCUT2D eigenvalue weighted by Crippen LogP contribution is -2.24. The molecule has 4 nitrogen and oxygen atoms in total. The number of hydrogen-bond acceptors (Lipinski definition) is 2. The molecular formula is C5H12N2O2. The number of aldehydes is 1.